The van der Waals surface area contributed by atoms with Gasteiger partial charge in [-0.05, 0) is 37.1 Å². The number of likely N-dealkylation sites (tertiary alicyclic amines) is 1. The minimum atomic E-state index is -0.211. The Morgan fingerprint density at radius 2 is 1.94 bits per heavy atom. The number of amides is 2. The lowest BCUT2D eigenvalue weighted by molar-refractivity contribution is -0.132. The van der Waals surface area contributed by atoms with Crippen molar-refractivity contribution in [3.8, 4) is 16.9 Å². The van der Waals surface area contributed by atoms with E-state index in [1.54, 1.807) is 53.1 Å². The second-order valence-corrected chi connectivity index (χ2v) is 9.30. The zero-order valence-corrected chi connectivity index (χ0v) is 19.7. The molecule has 0 saturated carbocycles. The van der Waals surface area contributed by atoms with Crippen LogP contribution in [-0.2, 0) is 4.79 Å². The summed E-state index contributed by atoms with van der Waals surface area (Å²) < 4.78 is 1.74. The molecule has 2 fully saturated rings. The third kappa shape index (κ3) is 3.42. The van der Waals surface area contributed by atoms with Gasteiger partial charge in [0.25, 0.3) is 5.91 Å². The van der Waals surface area contributed by atoms with Crippen LogP contribution in [0.25, 0.3) is 28.0 Å². The molecule has 1 N–H and O–H groups in total. The lowest BCUT2D eigenvalue weighted by atomic mass is 10.2. The molecule has 2 unspecified atom stereocenters. The summed E-state index contributed by atoms with van der Waals surface area (Å²) in [4.78, 5) is 39.6. The normalized spacial score (nSPS) is 19.6. The van der Waals surface area contributed by atoms with E-state index in [9.17, 15) is 9.59 Å². The minimum Gasteiger partial charge on any atom is -0.345 e. The fourth-order valence-corrected chi connectivity index (χ4v) is 5.00. The molecule has 2 atom stereocenters. The topological polar surface area (TPSA) is 116 Å². The smallest absolute Gasteiger partial charge is 0.253 e. The largest absolute Gasteiger partial charge is 0.345 e. The van der Waals surface area contributed by atoms with Crippen LogP contribution in [0.3, 0.4) is 0 Å². The Kier molecular flexibility index (Phi) is 4.80. The maximum absolute atomic E-state index is 12.7. The molecule has 178 valence electrons. The maximum Gasteiger partial charge on any atom is 0.253 e. The van der Waals surface area contributed by atoms with Crippen molar-refractivity contribution in [1.29, 1.82) is 0 Å². The van der Waals surface area contributed by atoms with Gasteiger partial charge in [-0.15, -0.1) is 0 Å². The summed E-state index contributed by atoms with van der Waals surface area (Å²) in [6, 6.07) is 7.30. The highest BCUT2D eigenvalue weighted by molar-refractivity contribution is 5.94. The number of carbonyl (C=O) groups excluding carboxylic acids is 2. The number of rotatable bonds is 4. The van der Waals surface area contributed by atoms with Gasteiger partial charge in [0.15, 0.2) is 0 Å². The van der Waals surface area contributed by atoms with Crippen LogP contribution in [0.15, 0.2) is 42.9 Å². The van der Waals surface area contributed by atoms with E-state index in [1.165, 1.54) is 0 Å². The van der Waals surface area contributed by atoms with Crippen molar-refractivity contribution in [2.75, 3.05) is 32.6 Å². The van der Waals surface area contributed by atoms with Crippen molar-refractivity contribution in [2.45, 2.75) is 24.9 Å². The summed E-state index contributed by atoms with van der Waals surface area (Å²) in [6.45, 7) is 0.681. The number of carbonyl (C=O) groups is 2. The number of hydrogen-bond acceptors (Lipinski definition) is 7. The van der Waals surface area contributed by atoms with Crippen LogP contribution in [-0.4, -0.2) is 91.3 Å². The first-order chi connectivity index (χ1) is 16.9. The number of benzene rings is 1. The summed E-state index contributed by atoms with van der Waals surface area (Å²) in [5.74, 6) is 0.628. The Labute approximate surface area is 201 Å². The Balaban J connectivity index is 1.32. The average molecular weight is 472 g/mol. The van der Waals surface area contributed by atoms with E-state index in [0.29, 0.717) is 29.3 Å². The lowest BCUT2D eigenvalue weighted by Gasteiger charge is -2.38. The monoisotopic (exact) mass is 471 g/mol. The molecule has 2 aliphatic rings. The van der Waals surface area contributed by atoms with E-state index in [4.69, 9.17) is 4.98 Å². The Bertz CT molecular complexity index is 1440. The van der Waals surface area contributed by atoms with E-state index in [1.807, 2.05) is 25.4 Å². The fraction of sp³-hybridized carbons (Fsp3) is 0.333. The first-order valence-electron chi connectivity index (χ1n) is 11.5. The molecule has 0 radical (unpaired) electrons. The fourth-order valence-electron chi connectivity index (χ4n) is 5.00. The van der Waals surface area contributed by atoms with Crippen LogP contribution in [0, 0.1) is 0 Å². The number of aromatic nitrogens is 6. The van der Waals surface area contributed by atoms with Crippen molar-refractivity contribution in [3.63, 3.8) is 0 Å². The predicted octanol–water partition coefficient (Wildman–Crippen LogP) is 1.72. The second-order valence-electron chi connectivity index (χ2n) is 9.30. The van der Waals surface area contributed by atoms with Crippen molar-refractivity contribution >= 4 is 28.8 Å². The average Bonchev–Trinajstić information content (AvgIpc) is 3.58. The molecule has 0 spiro atoms. The Morgan fingerprint density at radius 3 is 2.71 bits per heavy atom. The van der Waals surface area contributed by atoms with Gasteiger partial charge in [-0.2, -0.15) is 10.2 Å². The van der Waals surface area contributed by atoms with Gasteiger partial charge in [0.2, 0.25) is 11.9 Å². The predicted molar refractivity (Wildman–Crippen MR) is 129 cm³/mol. The summed E-state index contributed by atoms with van der Waals surface area (Å²) >= 11 is 0. The van der Waals surface area contributed by atoms with E-state index in [0.717, 1.165) is 29.6 Å². The molecular weight excluding hydrogens is 446 g/mol. The molecule has 1 aromatic carbocycles. The van der Waals surface area contributed by atoms with Crippen molar-refractivity contribution < 1.29 is 9.59 Å². The van der Waals surface area contributed by atoms with Gasteiger partial charge in [-0.1, -0.05) is 0 Å². The van der Waals surface area contributed by atoms with Crippen LogP contribution in [0.2, 0.25) is 0 Å². The number of hydrogen-bond donors (Lipinski definition) is 1. The van der Waals surface area contributed by atoms with E-state index in [-0.39, 0.29) is 23.9 Å². The molecule has 6 rings (SSSR count). The number of piperazine rings is 1. The zero-order valence-electron chi connectivity index (χ0n) is 19.7. The molecule has 2 aliphatic heterocycles. The van der Waals surface area contributed by atoms with Crippen LogP contribution in [0.5, 0.6) is 0 Å². The molecule has 0 aliphatic carbocycles. The Hall–Kier alpha value is -4.28. The molecule has 11 heteroatoms. The van der Waals surface area contributed by atoms with Gasteiger partial charge in [0.1, 0.15) is 22.8 Å². The standard InChI is InChI=1S/C24H25N9O2/c1-30(2)22(34)14-4-6-16(7-5-14)32-12-15(10-26-32)20-21-18(28-29-20)11-25-24(27-21)33-17-8-9-19(33)23(35)31(3)13-17/h4-7,10-12,17,19H,8-9,13H2,1-3H3,(H,28,29). The molecular formula is C24H25N9O2. The van der Waals surface area contributed by atoms with Crippen LogP contribution in [0.1, 0.15) is 23.2 Å². The van der Waals surface area contributed by atoms with Crippen LogP contribution < -0.4 is 4.90 Å². The first kappa shape index (κ1) is 21.3. The highest BCUT2D eigenvalue weighted by Crippen LogP contribution is 2.34. The van der Waals surface area contributed by atoms with E-state index in [2.05, 4.69) is 25.2 Å². The summed E-state index contributed by atoms with van der Waals surface area (Å²) in [5, 5.41) is 12.0. The van der Waals surface area contributed by atoms with Gasteiger partial charge in [-0.25, -0.2) is 14.6 Å². The molecule has 5 heterocycles. The van der Waals surface area contributed by atoms with Gasteiger partial charge in [0.05, 0.1) is 24.1 Å². The minimum absolute atomic E-state index is 0.0494. The number of fused-ring (bicyclic) bond motifs is 3. The number of anilines is 1. The molecule has 11 nitrogen and oxygen atoms in total. The van der Waals surface area contributed by atoms with Gasteiger partial charge in [-0.3, -0.25) is 14.7 Å². The van der Waals surface area contributed by atoms with Crippen LogP contribution in [0.4, 0.5) is 5.95 Å². The van der Waals surface area contributed by atoms with Gasteiger partial charge < -0.3 is 14.7 Å². The molecule has 35 heavy (non-hydrogen) atoms. The first-order valence-corrected chi connectivity index (χ1v) is 11.5. The Morgan fingerprint density at radius 1 is 1.14 bits per heavy atom. The zero-order chi connectivity index (χ0) is 24.3. The molecule has 2 bridgehead atoms. The lowest BCUT2D eigenvalue weighted by Crippen LogP contribution is -2.56. The SMILES string of the molecule is CN(C)C(=O)c1ccc(-n2cc(-c3n[nH]c4cnc(N5C6CCC5C(=O)N(C)C6)nc34)cn2)cc1. The second kappa shape index (κ2) is 7.90. The van der Waals surface area contributed by atoms with Crippen LogP contribution >= 0.6 is 0 Å². The molecule has 3 aromatic heterocycles. The summed E-state index contributed by atoms with van der Waals surface area (Å²) in [7, 11) is 5.31. The molecule has 4 aromatic rings. The number of likely N-dealkylation sites (N-methyl/N-ethyl adjacent to an activating group) is 1. The van der Waals surface area contributed by atoms with Crippen molar-refractivity contribution in [2.24, 2.45) is 0 Å². The third-order valence-corrected chi connectivity index (χ3v) is 6.81. The number of aromatic amines is 1. The number of H-pyrrole nitrogens is 1. The van der Waals surface area contributed by atoms with E-state index >= 15 is 0 Å². The number of nitrogens with one attached hydrogen (secondary N) is 1. The quantitative estimate of drug-likeness (QED) is 0.482. The molecule has 2 amide bonds. The third-order valence-electron chi connectivity index (χ3n) is 6.81. The maximum atomic E-state index is 12.7. The highest BCUT2D eigenvalue weighted by Gasteiger charge is 2.45. The van der Waals surface area contributed by atoms with Crippen molar-refractivity contribution in [3.05, 3.63) is 48.4 Å². The van der Waals surface area contributed by atoms with Crippen molar-refractivity contribution in [1.82, 2.24) is 39.7 Å². The van der Waals surface area contributed by atoms with Gasteiger partial charge in [0, 0.05) is 45.0 Å². The highest BCUT2D eigenvalue weighted by atomic mass is 16.2. The molecule has 2 saturated heterocycles. The summed E-state index contributed by atoms with van der Waals surface area (Å²) in [6.07, 6.45) is 7.11. The van der Waals surface area contributed by atoms with Gasteiger partial charge >= 0.3 is 0 Å². The number of nitrogens with zero attached hydrogens (tertiary/aromatic N) is 8. The summed E-state index contributed by atoms with van der Waals surface area (Å²) in [5.41, 5.74) is 4.32. The van der Waals surface area contributed by atoms with E-state index < -0.39 is 0 Å².